The highest BCUT2D eigenvalue weighted by Gasteiger charge is 2.20. The van der Waals surface area contributed by atoms with Crippen LogP contribution in [0.4, 0.5) is 4.39 Å². The summed E-state index contributed by atoms with van der Waals surface area (Å²) in [7, 11) is 0. The Labute approximate surface area is 158 Å². The van der Waals surface area contributed by atoms with E-state index in [1.54, 1.807) is 36.4 Å². The van der Waals surface area contributed by atoms with E-state index in [-0.39, 0.29) is 5.97 Å². The lowest BCUT2D eigenvalue weighted by atomic mass is 9.97. The van der Waals surface area contributed by atoms with Gasteiger partial charge in [0.05, 0.1) is 5.92 Å². The molecule has 2 aromatic carbocycles. The highest BCUT2D eigenvalue weighted by molar-refractivity contribution is 5.77. The Morgan fingerprint density at radius 1 is 1.19 bits per heavy atom. The van der Waals surface area contributed by atoms with Crippen molar-refractivity contribution in [1.29, 1.82) is 0 Å². The van der Waals surface area contributed by atoms with E-state index >= 15 is 0 Å². The number of hydrogen-bond acceptors (Lipinski definition) is 3. The molecule has 1 unspecified atom stereocenters. The lowest BCUT2D eigenvalue weighted by Crippen LogP contribution is -2.12. The average Bonchev–Trinajstić information content (AvgIpc) is 3.13. The highest BCUT2D eigenvalue weighted by Crippen LogP contribution is 2.30. The summed E-state index contributed by atoms with van der Waals surface area (Å²) < 4.78 is 20.0. The topological polar surface area (TPSA) is 63.6 Å². The quantitative estimate of drug-likeness (QED) is 0.563. The Morgan fingerprint density at radius 2 is 1.93 bits per heavy atom. The molecular formula is C22H23FO4. The molecule has 1 fully saturated rings. The van der Waals surface area contributed by atoms with Gasteiger partial charge in [-0.1, -0.05) is 37.1 Å². The van der Waals surface area contributed by atoms with Crippen molar-refractivity contribution in [3.63, 3.8) is 0 Å². The van der Waals surface area contributed by atoms with Crippen LogP contribution in [0.5, 0.6) is 5.75 Å². The number of carbonyl (C=O) groups excluding carboxylic acids is 1. The third kappa shape index (κ3) is 4.73. The van der Waals surface area contributed by atoms with Crippen molar-refractivity contribution < 1.29 is 23.8 Å². The van der Waals surface area contributed by atoms with Crippen molar-refractivity contribution in [2.75, 3.05) is 0 Å². The highest BCUT2D eigenvalue weighted by atomic mass is 19.1. The Kier molecular flexibility index (Phi) is 5.89. The molecule has 0 aliphatic heterocycles. The second-order valence-corrected chi connectivity index (χ2v) is 7.16. The minimum Gasteiger partial charge on any atom is -0.481 e. The van der Waals surface area contributed by atoms with Gasteiger partial charge in [-0.3, -0.25) is 9.59 Å². The van der Waals surface area contributed by atoms with Crippen LogP contribution >= 0.6 is 0 Å². The predicted molar refractivity (Wildman–Crippen MR) is 100 cm³/mol. The average molecular weight is 370 g/mol. The summed E-state index contributed by atoms with van der Waals surface area (Å²) in [5, 5.41) is 9.06. The zero-order valence-electron chi connectivity index (χ0n) is 15.3. The molecule has 0 saturated heterocycles. The first kappa shape index (κ1) is 19.1. The van der Waals surface area contributed by atoms with E-state index in [4.69, 9.17) is 9.84 Å². The molecule has 4 nitrogen and oxygen atoms in total. The number of rotatable bonds is 6. The number of benzene rings is 2. The summed E-state index contributed by atoms with van der Waals surface area (Å²) in [5.74, 6) is -1.75. The number of carbonyl (C=O) groups is 2. The van der Waals surface area contributed by atoms with Crippen LogP contribution < -0.4 is 4.74 Å². The van der Waals surface area contributed by atoms with Crippen LogP contribution in [0.25, 0.3) is 11.1 Å². The lowest BCUT2D eigenvalue weighted by molar-refractivity contribution is -0.138. The summed E-state index contributed by atoms with van der Waals surface area (Å²) in [4.78, 5) is 23.2. The van der Waals surface area contributed by atoms with Crippen LogP contribution in [0.15, 0.2) is 42.5 Å². The number of aliphatic carboxylic acids is 1. The SMILES string of the molecule is CC(C(=O)O)c1ccc(-c2cccc(OC(=O)CC3CCCC3)c2)c(F)c1. The first-order valence-corrected chi connectivity index (χ1v) is 9.27. The van der Waals surface area contributed by atoms with Crippen LogP contribution in [0.2, 0.25) is 0 Å². The number of hydrogen-bond donors (Lipinski definition) is 1. The van der Waals surface area contributed by atoms with Crippen molar-refractivity contribution in [2.45, 2.75) is 44.9 Å². The van der Waals surface area contributed by atoms with Gasteiger partial charge >= 0.3 is 11.9 Å². The third-order valence-electron chi connectivity index (χ3n) is 5.17. The molecule has 0 amide bonds. The van der Waals surface area contributed by atoms with E-state index in [9.17, 15) is 14.0 Å². The molecule has 1 saturated carbocycles. The van der Waals surface area contributed by atoms with Gasteiger partial charge in [0.25, 0.3) is 0 Å². The van der Waals surface area contributed by atoms with Gasteiger partial charge in [0.1, 0.15) is 11.6 Å². The molecule has 1 aliphatic rings. The molecule has 0 aromatic heterocycles. The maximum absolute atomic E-state index is 14.5. The summed E-state index contributed by atoms with van der Waals surface area (Å²) in [6, 6.07) is 11.2. The fraction of sp³-hybridized carbons (Fsp3) is 0.364. The third-order valence-corrected chi connectivity index (χ3v) is 5.17. The molecule has 1 N–H and O–H groups in total. The number of carboxylic acids is 1. The summed E-state index contributed by atoms with van der Waals surface area (Å²) >= 11 is 0. The van der Waals surface area contributed by atoms with Crippen LogP contribution in [-0.2, 0) is 9.59 Å². The van der Waals surface area contributed by atoms with Crippen molar-refractivity contribution in [2.24, 2.45) is 5.92 Å². The first-order chi connectivity index (χ1) is 12.9. The molecular weight excluding hydrogens is 347 g/mol. The number of halogens is 1. The van der Waals surface area contributed by atoms with Crippen LogP contribution in [-0.4, -0.2) is 17.0 Å². The normalized spacial score (nSPS) is 15.5. The van der Waals surface area contributed by atoms with Gasteiger partial charge in [0, 0.05) is 12.0 Å². The van der Waals surface area contributed by atoms with E-state index in [1.807, 2.05) is 0 Å². The number of carboxylic acid groups (broad SMARTS) is 1. The van der Waals surface area contributed by atoms with E-state index in [1.165, 1.54) is 25.8 Å². The zero-order chi connectivity index (χ0) is 19.4. The number of esters is 1. The second-order valence-electron chi connectivity index (χ2n) is 7.16. The van der Waals surface area contributed by atoms with Gasteiger partial charge in [0.15, 0.2) is 0 Å². The summed E-state index contributed by atoms with van der Waals surface area (Å²) in [6.07, 6.45) is 4.90. The van der Waals surface area contributed by atoms with Crippen LogP contribution in [0.3, 0.4) is 0 Å². The number of ether oxygens (including phenoxy) is 1. The Balaban J connectivity index is 1.74. The standard InChI is InChI=1S/C22H23FO4/c1-14(22(25)26)16-9-10-19(20(23)13-16)17-7-4-8-18(12-17)27-21(24)11-15-5-2-3-6-15/h4,7-10,12-15H,2-3,5-6,11H2,1H3,(H,25,26). The first-order valence-electron chi connectivity index (χ1n) is 9.27. The van der Waals surface area contributed by atoms with Crippen molar-refractivity contribution in [3.8, 4) is 16.9 Å². The van der Waals surface area contributed by atoms with Crippen LogP contribution in [0, 0.1) is 11.7 Å². The molecule has 0 bridgehead atoms. The van der Waals surface area contributed by atoms with Gasteiger partial charge < -0.3 is 9.84 Å². The molecule has 5 heteroatoms. The van der Waals surface area contributed by atoms with Gasteiger partial charge in [0.2, 0.25) is 0 Å². The van der Waals surface area contributed by atoms with E-state index in [0.29, 0.717) is 34.8 Å². The predicted octanol–water partition coefficient (Wildman–Crippen LogP) is 5.17. The lowest BCUT2D eigenvalue weighted by Gasteiger charge is -2.12. The molecule has 142 valence electrons. The minimum atomic E-state index is -1.00. The smallest absolute Gasteiger partial charge is 0.311 e. The molecule has 3 rings (SSSR count). The van der Waals surface area contributed by atoms with E-state index in [0.717, 1.165) is 12.8 Å². The maximum atomic E-state index is 14.5. The van der Waals surface area contributed by atoms with Crippen molar-refractivity contribution >= 4 is 11.9 Å². The zero-order valence-corrected chi connectivity index (χ0v) is 15.3. The Hall–Kier alpha value is -2.69. The maximum Gasteiger partial charge on any atom is 0.311 e. The summed E-state index contributed by atoms with van der Waals surface area (Å²) in [6.45, 7) is 1.52. The van der Waals surface area contributed by atoms with E-state index in [2.05, 4.69) is 0 Å². The molecule has 0 radical (unpaired) electrons. The fourth-order valence-electron chi connectivity index (χ4n) is 3.53. The monoisotopic (exact) mass is 370 g/mol. The molecule has 2 aromatic rings. The van der Waals surface area contributed by atoms with Crippen LogP contribution in [0.1, 0.15) is 50.5 Å². The van der Waals surface area contributed by atoms with Crippen molar-refractivity contribution in [1.82, 2.24) is 0 Å². The fourth-order valence-corrected chi connectivity index (χ4v) is 3.53. The largest absolute Gasteiger partial charge is 0.481 e. The molecule has 1 aliphatic carbocycles. The Morgan fingerprint density at radius 3 is 2.59 bits per heavy atom. The molecule has 27 heavy (non-hydrogen) atoms. The van der Waals surface area contributed by atoms with Gasteiger partial charge in [-0.2, -0.15) is 0 Å². The minimum absolute atomic E-state index is 0.259. The molecule has 1 atom stereocenters. The molecule has 0 heterocycles. The van der Waals surface area contributed by atoms with Gasteiger partial charge in [-0.05, 0) is 55.0 Å². The van der Waals surface area contributed by atoms with Gasteiger partial charge in [-0.25, -0.2) is 4.39 Å². The second kappa shape index (κ2) is 8.33. The van der Waals surface area contributed by atoms with E-state index < -0.39 is 17.7 Å². The van der Waals surface area contributed by atoms with Gasteiger partial charge in [-0.15, -0.1) is 0 Å². The molecule has 0 spiro atoms. The Bertz CT molecular complexity index is 840. The van der Waals surface area contributed by atoms with Crippen molar-refractivity contribution in [3.05, 3.63) is 53.8 Å². The summed E-state index contributed by atoms with van der Waals surface area (Å²) in [5.41, 5.74) is 1.32.